The first kappa shape index (κ1) is 12.6. The molecule has 2 aliphatic heterocycles. The van der Waals surface area contributed by atoms with Crippen LogP contribution in [0.15, 0.2) is 0 Å². The summed E-state index contributed by atoms with van der Waals surface area (Å²) in [6.07, 6.45) is 1.84. The Bertz CT molecular complexity index is 248. The van der Waals surface area contributed by atoms with E-state index in [0.717, 1.165) is 45.6 Å². The van der Waals surface area contributed by atoms with E-state index in [9.17, 15) is 4.79 Å². The lowest BCUT2D eigenvalue weighted by Gasteiger charge is -2.34. The average Bonchev–Trinajstić information content (AvgIpc) is 2.83. The van der Waals surface area contributed by atoms with Crippen LogP contribution in [0.25, 0.3) is 0 Å². The monoisotopic (exact) mass is 243 g/mol. The zero-order chi connectivity index (χ0) is 12.1. The van der Waals surface area contributed by atoms with E-state index in [1.807, 2.05) is 4.90 Å². The van der Waals surface area contributed by atoms with Crippen LogP contribution < -0.4 is 5.32 Å². The van der Waals surface area contributed by atoms with E-state index in [2.05, 4.69) is 10.2 Å². The van der Waals surface area contributed by atoms with Crippen LogP contribution in [0.2, 0.25) is 0 Å². The highest BCUT2D eigenvalue weighted by molar-refractivity contribution is 5.74. The number of ether oxygens (including phenoxy) is 1. The fourth-order valence-corrected chi connectivity index (χ4v) is 2.24. The number of urea groups is 1. The second kappa shape index (κ2) is 6.18. The quantitative estimate of drug-likeness (QED) is 0.697. The number of piperazine rings is 1. The zero-order valence-electron chi connectivity index (χ0n) is 10.1. The number of amides is 2. The highest BCUT2D eigenvalue weighted by atomic mass is 16.5. The lowest BCUT2D eigenvalue weighted by molar-refractivity contribution is 0.0752. The van der Waals surface area contributed by atoms with E-state index in [0.29, 0.717) is 6.54 Å². The van der Waals surface area contributed by atoms with Crippen LogP contribution in [-0.2, 0) is 4.74 Å². The van der Waals surface area contributed by atoms with Crippen molar-refractivity contribution in [2.24, 2.45) is 0 Å². The first-order valence-corrected chi connectivity index (χ1v) is 6.30. The standard InChI is InChI=1S/C11H21N3O3/c15-8-7-13-3-5-14(6-4-13)11(16)12-10-2-1-9-17-10/h10,15H,1-9H2,(H,12,16). The summed E-state index contributed by atoms with van der Waals surface area (Å²) in [7, 11) is 0. The summed E-state index contributed by atoms with van der Waals surface area (Å²) in [6.45, 7) is 4.73. The smallest absolute Gasteiger partial charge is 0.319 e. The Morgan fingerprint density at radius 1 is 1.35 bits per heavy atom. The molecule has 17 heavy (non-hydrogen) atoms. The van der Waals surface area contributed by atoms with Crippen LogP contribution in [-0.4, -0.2) is 73.1 Å². The molecule has 1 atom stereocenters. The van der Waals surface area contributed by atoms with Gasteiger partial charge in [0.2, 0.25) is 0 Å². The number of carbonyl (C=O) groups excluding carboxylic acids is 1. The van der Waals surface area contributed by atoms with Gasteiger partial charge in [0.25, 0.3) is 0 Å². The molecule has 98 valence electrons. The summed E-state index contributed by atoms with van der Waals surface area (Å²) in [5.41, 5.74) is 0. The number of carbonyl (C=O) groups is 1. The van der Waals surface area contributed by atoms with Crippen molar-refractivity contribution in [3.05, 3.63) is 0 Å². The normalized spacial score (nSPS) is 26.2. The first-order chi connectivity index (χ1) is 8.29. The predicted molar refractivity (Wildman–Crippen MR) is 62.6 cm³/mol. The van der Waals surface area contributed by atoms with E-state index in [1.165, 1.54) is 0 Å². The third-order valence-corrected chi connectivity index (χ3v) is 3.29. The second-order valence-corrected chi connectivity index (χ2v) is 4.50. The number of hydrogen-bond donors (Lipinski definition) is 2. The minimum Gasteiger partial charge on any atom is -0.395 e. The number of rotatable bonds is 3. The van der Waals surface area contributed by atoms with E-state index in [-0.39, 0.29) is 18.9 Å². The molecule has 6 nitrogen and oxygen atoms in total. The highest BCUT2D eigenvalue weighted by Crippen LogP contribution is 2.10. The van der Waals surface area contributed by atoms with E-state index < -0.39 is 0 Å². The average molecular weight is 243 g/mol. The molecule has 6 heteroatoms. The first-order valence-electron chi connectivity index (χ1n) is 6.30. The fraction of sp³-hybridized carbons (Fsp3) is 0.909. The van der Waals surface area contributed by atoms with Crippen LogP contribution in [0.1, 0.15) is 12.8 Å². The van der Waals surface area contributed by atoms with E-state index in [4.69, 9.17) is 9.84 Å². The van der Waals surface area contributed by atoms with Gasteiger partial charge in [0.05, 0.1) is 6.61 Å². The van der Waals surface area contributed by atoms with Crippen molar-refractivity contribution in [2.45, 2.75) is 19.1 Å². The second-order valence-electron chi connectivity index (χ2n) is 4.50. The Morgan fingerprint density at radius 2 is 2.12 bits per heavy atom. The van der Waals surface area contributed by atoms with Gasteiger partial charge in [-0.2, -0.15) is 0 Å². The molecule has 2 amide bonds. The van der Waals surface area contributed by atoms with E-state index in [1.54, 1.807) is 0 Å². The molecule has 0 bridgehead atoms. The maximum atomic E-state index is 11.9. The number of β-amino-alcohol motifs (C(OH)–C–C–N with tert-alkyl or cyclic N) is 1. The molecule has 2 aliphatic rings. The SMILES string of the molecule is O=C(NC1CCCO1)N1CCN(CCO)CC1. The lowest BCUT2D eigenvalue weighted by atomic mass is 10.3. The van der Waals surface area contributed by atoms with Gasteiger partial charge in [0.15, 0.2) is 0 Å². The molecule has 2 heterocycles. The van der Waals surface area contributed by atoms with Gasteiger partial charge < -0.3 is 20.1 Å². The van der Waals surface area contributed by atoms with Crippen LogP contribution >= 0.6 is 0 Å². The molecule has 0 saturated carbocycles. The molecule has 0 aromatic heterocycles. The minimum absolute atomic E-state index is 0.0273. The van der Waals surface area contributed by atoms with Crippen LogP contribution in [0.4, 0.5) is 4.79 Å². The van der Waals surface area contributed by atoms with Gasteiger partial charge in [-0.25, -0.2) is 4.79 Å². The highest BCUT2D eigenvalue weighted by Gasteiger charge is 2.24. The Kier molecular flexibility index (Phi) is 4.58. The van der Waals surface area contributed by atoms with Gasteiger partial charge in [0.1, 0.15) is 6.23 Å². The Balaban J connectivity index is 1.70. The van der Waals surface area contributed by atoms with Gasteiger partial charge in [-0.05, 0) is 12.8 Å². The summed E-state index contributed by atoms with van der Waals surface area (Å²) < 4.78 is 5.37. The van der Waals surface area contributed by atoms with Crippen molar-refractivity contribution in [1.82, 2.24) is 15.1 Å². The third kappa shape index (κ3) is 3.55. The van der Waals surface area contributed by atoms with Crippen LogP contribution in [0, 0.1) is 0 Å². The topological polar surface area (TPSA) is 65.0 Å². The summed E-state index contributed by atoms with van der Waals surface area (Å²) >= 11 is 0. The molecular formula is C11H21N3O3. The van der Waals surface area contributed by atoms with Crippen molar-refractivity contribution in [1.29, 1.82) is 0 Å². The molecule has 2 rings (SSSR count). The predicted octanol–water partition coefficient (Wildman–Crippen LogP) is -0.558. The summed E-state index contributed by atoms with van der Waals surface area (Å²) in [4.78, 5) is 15.9. The summed E-state index contributed by atoms with van der Waals surface area (Å²) in [5, 5.41) is 11.7. The van der Waals surface area contributed by atoms with Crippen molar-refractivity contribution >= 4 is 6.03 Å². The van der Waals surface area contributed by atoms with Crippen molar-refractivity contribution in [2.75, 3.05) is 45.9 Å². The van der Waals surface area contributed by atoms with E-state index >= 15 is 0 Å². The fourth-order valence-electron chi connectivity index (χ4n) is 2.24. The number of aliphatic hydroxyl groups is 1. The van der Waals surface area contributed by atoms with Crippen molar-refractivity contribution in [3.8, 4) is 0 Å². The van der Waals surface area contributed by atoms with Gasteiger partial charge in [-0.3, -0.25) is 4.90 Å². The van der Waals surface area contributed by atoms with Crippen molar-refractivity contribution < 1.29 is 14.6 Å². The molecule has 0 radical (unpaired) electrons. The number of aliphatic hydroxyl groups excluding tert-OH is 1. The van der Waals surface area contributed by atoms with Gasteiger partial charge >= 0.3 is 6.03 Å². The molecule has 2 saturated heterocycles. The van der Waals surface area contributed by atoms with Gasteiger partial charge in [-0.15, -0.1) is 0 Å². The Morgan fingerprint density at radius 3 is 2.71 bits per heavy atom. The molecule has 1 unspecified atom stereocenters. The Labute approximate surface area is 102 Å². The van der Waals surface area contributed by atoms with Crippen LogP contribution in [0.5, 0.6) is 0 Å². The Hall–Kier alpha value is -0.850. The molecule has 0 spiro atoms. The molecule has 0 aromatic carbocycles. The third-order valence-electron chi connectivity index (χ3n) is 3.29. The largest absolute Gasteiger partial charge is 0.395 e. The summed E-state index contributed by atoms with van der Waals surface area (Å²) in [5.74, 6) is 0. The van der Waals surface area contributed by atoms with Crippen LogP contribution in [0.3, 0.4) is 0 Å². The summed E-state index contributed by atoms with van der Waals surface area (Å²) in [6, 6.07) is -0.0273. The number of nitrogens with one attached hydrogen (secondary N) is 1. The van der Waals surface area contributed by atoms with Gasteiger partial charge in [0, 0.05) is 39.3 Å². The minimum atomic E-state index is -0.0991. The lowest BCUT2D eigenvalue weighted by Crippen LogP contribution is -2.53. The molecule has 2 fully saturated rings. The zero-order valence-corrected chi connectivity index (χ0v) is 10.1. The van der Waals surface area contributed by atoms with Crippen molar-refractivity contribution in [3.63, 3.8) is 0 Å². The number of hydrogen-bond acceptors (Lipinski definition) is 4. The molecule has 0 aromatic rings. The maximum Gasteiger partial charge on any atom is 0.319 e. The molecular weight excluding hydrogens is 222 g/mol. The number of nitrogens with zero attached hydrogens (tertiary/aromatic N) is 2. The maximum absolute atomic E-state index is 11.9. The van der Waals surface area contributed by atoms with Gasteiger partial charge in [-0.1, -0.05) is 0 Å². The molecule has 0 aliphatic carbocycles. The molecule has 2 N–H and O–H groups in total.